The normalized spacial score (nSPS) is 16.8. The first-order chi connectivity index (χ1) is 14.3. The lowest BCUT2D eigenvalue weighted by molar-refractivity contribution is 0.347. The number of benzene rings is 2. The number of rotatable bonds is 4. The minimum atomic E-state index is -3.42. The summed E-state index contributed by atoms with van der Waals surface area (Å²) >= 11 is 0. The van der Waals surface area contributed by atoms with E-state index in [0.29, 0.717) is 24.5 Å². The fraction of sp³-hybridized carbons (Fsp3) is 0.261. The van der Waals surface area contributed by atoms with Crippen molar-refractivity contribution in [3.63, 3.8) is 0 Å². The Labute approximate surface area is 177 Å². The summed E-state index contributed by atoms with van der Waals surface area (Å²) in [5, 5.41) is 0. The van der Waals surface area contributed by atoms with Gasteiger partial charge in [0.15, 0.2) is 0 Å². The molecule has 0 aliphatic carbocycles. The molecule has 0 spiro atoms. The van der Waals surface area contributed by atoms with Gasteiger partial charge in [-0.2, -0.15) is 4.31 Å². The molecule has 2 aromatic carbocycles. The first-order valence-corrected chi connectivity index (χ1v) is 11.6. The van der Waals surface area contributed by atoms with Crippen molar-refractivity contribution in [2.24, 2.45) is 0 Å². The number of nitrogen functional groups attached to an aromatic ring is 1. The minimum absolute atomic E-state index is 0.394. The van der Waals surface area contributed by atoms with Gasteiger partial charge in [-0.3, -0.25) is 0 Å². The zero-order chi connectivity index (χ0) is 21.5. The van der Waals surface area contributed by atoms with Crippen molar-refractivity contribution in [2.45, 2.75) is 19.4 Å². The molecule has 1 aliphatic rings. The number of pyridine rings is 1. The molecular weight excluding hydrogens is 398 g/mol. The quantitative estimate of drug-likeness (QED) is 0.649. The third-order valence-corrected chi connectivity index (χ3v) is 6.87. The molecular formula is C23H25N3O3S. The third-order valence-electron chi connectivity index (χ3n) is 5.63. The maximum Gasteiger partial charge on any atom is 0.213 e. The monoisotopic (exact) mass is 423 g/mol. The summed E-state index contributed by atoms with van der Waals surface area (Å²) in [7, 11) is -1.83. The maximum atomic E-state index is 12.6. The zero-order valence-corrected chi connectivity index (χ0v) is 18.1. The van der Waals surface area contributed by atoms with Crippen molar-refractivity contribution in [3.05, 3.63) is 76.9 Å². The van der Waals surface area contributed by atoms with E-state index in [-0.39, 0.29) is 0 Å². The molecule has 0 saturated carbocycles. The first kappa shape index (κ1) is 20.4. The summed E-state index contributed by atoms with van der Waals surface area (Å²) in [4.78, 5) is 4.56. The van der Waals surface area contributed by atoms with Crippen LogP contribution in [0.4, 0.5) is 5.69 Å². The fourth-order valence-corrected chi connectivity index (χ4v) is 5.18. The molecule has 1 aliphatic heterocycles. The largest absolute Gasteiger partial charge is 0.481 e. The average molecular weight is 424 g/mol. The van der Waals surface area contributed by atoms with Crippen LogP contribution in [0.1, 0.15) is 28.3 Å². The van der Waals surface area contributed by atoms with E-state index in [4.69, 9.17) is 10.5 Å². The molecule has 4 rings (SSSR count). The van der Waals surface area contributed by atoms with E-state index >= 15 is 0 Å². The summed E-state index contributed by atoms with van der Waals surface area (Å²) in [6.07, 6.45) is 1.86. The Hall–Kier alpha value is -2.90. The first-order valence-electron chi connectivity index (χ1n) is 9.75. The molecule has 7 heteroatoms. The molecule has 2 N–H and O–H groups in total. The lowest BCUT2D eigenvalue weighted by Crippen LogP contribution is -2.40. The Kier molecular flexibility index (Phi) is 5.26. The van der Waals surface area contributed by atoms with E-state index in [9.17, 15) is 8.42 Å². The van der Waals surface area contributed by atoms with Crippen LogP contribution in [0, 0.1) is 6.92 Å². The number of aryl methyl sites for hydroxylation is 1. The number of ether oxygens (including phenoxy) is 1. The van der Waals surface area contributed by atoms with Crippen LogP contribution in [0.25, 0.3) is 11.3 Å². The van der Waals surface area contributed by atoms with Crippen LogP contribution >= 0.6 is 0 Å². The van der Waals surface area contributed by atoms with Crippen LogP contribution in [0.15, 0.2) is 54.6 Å². The number of hydrogen-bond acceptors (Lipinski definition) is 5. The predicted molar refractivity (Wildman–Crippen MR) is 119 cm³/mol. The SMILES string of the molecule is COc1cccc(-c2cc(C3c4cccc(N)c4CCN3S(C)(=O)=O)ccc2C)n1. The van der Waals surface area contributed by atoms with Gasteiger partial charge in [0.25, 0.3) is 0 Å². The number of nitrogens with zero attached hydrogens (tertiary/aromatic N) is 2. The molecule has 30 heavy (non-hydrogen) atoms. The zero-order valence-electron chi connectivity index (χ0n) is 17.3. The van der Waals surface area contributed by atoms with Crippen molar-refractivity contribution in [2.75, 3.05) is 25.6 Å². The molecule has 0 radical (unpaired) electrons. The van der Waals surface area contributed by atoms with Crippen LogP contribution in [0.3, 0.4) is 0 Å². The summed E-state index contributed by atoms with van der Waals surface area (Å²) in [5.74, 6) is 0.533. The maximum absolute atomic E-state index is 12.6. The summed E-state index contributed by atoms with van der Waals surface area (Å²) in [6.45, 7) is 2.41. The van der Waals surface area contributed by atoms with E-state index in [0.717, 1.165) is 33.5 Å². The van der Waals surface area contributed by atoms with Gasteiger partial charge in [0.05, 0.1) is 25.1 Å². The Balaban J connectivity index is 1.90. The number of sulfonamides is 1. The second-order valence-electron chi connectivity index (χ2n) is 7.58. The standard InChI is InChI=1S/C23H25N3O3S/c1-15-10-11-16(14-19(15)21-8-5-9-22(25-21)29-2)23-18-6-4-7-20(24)17(18)12-13-26(23)30(3,27)28/h4-11,14,23H,12-13,24H2,1-3H3. The Morgan fingerprint density at radius 1 is 1.13 bits per heavy atom. The molecule has 1 atom stereocenters. The van der Waals surface area contributed by atoms with E-state index in [1.54, 1.807) is 17.5 Å². The van der Waals surface area contributed by atoms with Crippen molar-refractivity contribution in [1.29, 1.82) is 0 Å². The van der Waals surface area contributed by atoms with E-state index in [1.807, 2.05) is 55.5 Å². The topological polar surface area (TPSA) is 85.5 Å². The fourth-order valence-electron chi connectivity index (χ4n) is 4.14. The van der Waals surface area contributed by atoms with Crippen molar-refractivity contribution < 1.29 is 13.2 Å². The van der Waals surface area contributed by atoms with Crippen molar-refractivity contribution in [1.82, 2.24) is 9.29 Å². The summed E-state index contributed by atoms with van der Waals surface area (Å²) in [6, 6.07) is 16.9. The van der Waals surface area contributed by atoms with Gasteiger partial charge in [0.2, 0.25) is 15.9 Å². The minimum Gasteiger partial charge on any atom is -0.481 e. The average Bonchev–Trinajstić information content (AvgIpc) is 2.73. The number of hydrogen-bond donors (Lipinski definition) is 1. The number of fused-ring (bicyclic) bond motifs is 1. The number of nitrogens with two attached hydrogens (primary N) is 1. The molecule has 0 amide bonds. The molecule has 1 unspecified atom stereocenters. The van der Waals surface area contributed by atoms with Crippen molar-refractivity contribution in [3.8, 4) is 17.1 Å². The van der Waals surface area contributed by atoms with Gasteiger partial charge in [-0.05, 0) is 53.8 Å². The lowest BCUT2D eigenvalue weighted by Gasteiger charge is -2.36. The van der Waals surface area contributed by atoms with Crippen LogP contribution in [-0.4, -0.2) is 37.6 Å². The van der Waals surface area contributed by atoms with E-state index in [1.165, 1.54) is 6.26 Å². The second kappa shape index (κ2) is 7.74. The molecule has 1 aromatic heterocycles. The van der Waals surface area contributed by atoms with Crippen LogP contribution in [-0.2, 0) is 16.4 Å². The predicted octanol–water partition coefficient (Wildman–Crippen LogP) is 3.55. The smallest absolute Gasteiger partial charge is 0.213 e. The van der Waals surface area contributed by atoms with Crippen LogP contribution in [0.5, 0.6) is 5.88 Å². The Morgan fingerprint density at radius 2 is 1.90 bits per heavy atom. The third kappa shape index (κ3) is 3.66. The Bertz CT molecular complexity index is 1210. The highest BCUT2D eigenvalue weighted by Crippen LogP contribution is 2.40. The highest BCUT2D eigenvalue weighted by Gasteiger charge is 2.35. The van der Waals surface area contributed by atoms with Gasteiger partial charge >= 0.3 is 0 Å². The second-order valence-corrected chi connectivity index (χ2v) is 9.52. The van der Waals surface area contributed by atoms with Gasteiger partial charge in [0, 0.05) is 23.9 Å². The van der Waals surface area contributed by atoms with E-state index < -0.39 is 16.1 Å². The van der Waals surface area contributed by atoms with Crippen LogP contribution < -0.4 is 10.5 Å². The molecule has 0 saturated heterocycles. The van der Waals surface area contributed by atoms with E-state index in [2.05, 4.69) is 4.98 Å². The van der Waals surface area contributed by atoms with Gasteiger partial charge in [0.1, 0.15) is 0 Å². The number of anilines is 1. The highest BCUT2D eigenvalue weighted by molar-refractivity contribution is 7.88. The molecule has 6 nitrogen and oxygen atoms in total. The molecule has 2 heterocycles. The van der Waals surface area contributed by atoms with Gasteiger partial charge in [-0.1, -0.05) is 30.3 Å². The molecule has 3 aromatic rings. The molecule has 0 bridgehead atoms. The van der Waals surface area contributed by atoms with Crippen molar-refractivity contribution >= 4 is 15.7 Å². The summed E-state index contributed by atoms with van der Waals surface area (Å²) in [5.41, 5.74) is 12.5. The number of aromatic nitrogens is 1. The highest BCUT2D eigenvalue weighted by atomic mass is 32.2. The van der Waals surface area contributed by atoms with Gasteiger partial charge in [-0.15, -0.1) is 0 Å². The van der Waals surface area contributed by atoms with Crippen LogP contribution in [0.2, 0.25) is 0 Å². The van der Waals surface area contributed by atoms with Gasteiger partial charge in [-0.25, -0.2) is 13.4 Å². The molecule has 156 valence electrons. The Morgan fingerprint density at radius 3 is 2.63 bits per heavy atom. The number of methoxy groups -OCH3 is 1. The molecule has 0 fully saturated rings. The summed E-state index contributed by atoms with van der Waals surface area (Å²) < 4.78 is 32.1. The van der Waals surface area contributed by atoms with Gasteiger partial charge < -0.3 is 10.5 Å². The lowest BCUT2D eigenvalue weighted by atomic mass is 9.87.